The van der Waals surface area contributed by atoms with Crippen LogP contribution in [-0.2, 0) is 42.9 Å². The Bertz CT molecular complexity index is 583. The summed E-state index contributed by atoms with van der Waals surface area (Å²) in [5.74, 6) is -2.40. The third kappa shape index (κ3) is 6.79. The summed E-state index contributed by atoms with van der Waals surface area (Å²) < 4.78 is 27.0. The molecule has 1 rings (SSSR count). The van der Waals surface area contributed by atoms with Gasteiger partial charge >= 0.3 is 23.9 Å². The molecule has 5 atom stereocenters. The highest BCUT2D eigenvalue weighted by Gasteiger charge is 2.57. The van der Waals surface area contributed by atoms with Crippen LogP contribution in [0.4, 0.5) is 0 Å². The molecule has 0 spiro atoms. The van der Waals surface area contributed by atoms with Crippen molar-refractivity contribution in [3.63, 3.8) is 0 Å². The van der Waals surface area contributed by atoms with Crippen LogP contribution in [0.15, 0.2) is 0 Å². The van der Waals surface area contributed by atoms with Gasteiger partial charge in [0.15, 0.2) is 18.2 Å². The first-order chi connectivity index (χ1) is 12.3. The third-order valence-corrected chi connectivity index (χ3v) is 3.85. The minimum atomic E-state index is -1.11. The number of carbonyl (C=O) groups is 4. The lowest BCUT2D eigenvalue weighted by Gasteiger charge is -2.48. The van der Waals surface area contributed by atoms with Crippen molar-refractivity contribution in [2.24, 2.45) is 0 Å². The largest absolute Gasteiger partial charge is 0.463 e. The van der Waals surface area contributed by atoms with Gasteiger partial charge in [-0.3, -0.25) is 19.2 Å². The van der Waals surface area contributed by atoms with Gasteiger partial charge in [0.1, 0.15) is 12.7 Å². The molecule has 0 bridgehead atoms. The van der Waals surface area contributed by atoms with Crippen LogP contribution in [0.3, 0.4) is 0 Å². The van der Waals surface area contributed by atoms with E-state index in [-0.39, 0.29) is 11.1 Å². The molecule has 0 aromatic rings. The molecule has 0 aliphatic carbocycles. The summed E-state index contributed by atoms with van der Waals surface area (Å²) in [6.07, 6.45) is -4.15. The maximum Gasteiger partial charge on any atom is 0.305 e. The quantitative estimate of drug-likeness (QED) is 0.345. The predicted octanol–water partition coefficient (Wildman–Crippen LogP) is -0.224. The zero-order valence-electron chi connectivity index (χ0n) is 16.7. The molecule has 0 radical (unpaired) electrons. The molecule has 0 amide bonds. The SMILES string of the molecule is CC(=O)OC[C@H]1O[C@H](OC(C)=O)[C@H]([N+](C)(C)C)[C@@H](OC(C)=O)[C@@H]1OC(C)=O. The van der Waals surface area contributed by atoms with Gasteiger partial charge in [-0.1, -0.05) is 0 Å². The lowest BCUT2D eigenvalue weighted by atomic mass is 9.94. The van der Waals surface area contributed by atoms with Crippen molar-refractivity contribution >= 4 is 23.9 Å². The van der Waals surface area contributed by atoms with E-state index in [1.165, 1.54) is 27.7 Å². The zero-order chi connectivity index (χ0) is 20.9. The maximum absolute atomic E-state index is 11.7. The molecule has 10 nitrogen and oxygen atoms in total. The van der Waals surface area contributed by atoms with Crippen molar-refractivity contribution in [3.05, 3.63) is 0 Å². The number of likely N-dealkylation sites (N-methyl/N-ethyl adjacent to an activating group) is 1. The van der Waals surface area contributed by atoms with Crippen LogP contribution in [0.25, 0.3) is 0 Å². The fourth-order valence-corrected chi connectivity index (χ4v) is 2.95. The summed E-state index contributed by atoms with van der Waals surface area (Å²) in [7, 11) is 5.37. The van der Waals surface area contributed by atoms with Crippen LogP contribution in [0.2, 0.25) is 0 Å². The molecule has 1 aliphatic rings. The standard InChI is InChI=1S/C17H28NO9/c1-9(19)23-8-13-15(24-10(2)20)16(25-11(3)21)14(18(5,6)7)17(27-13)26-12(4)22/h13-17H,8H2,1-7H3/q+1/t13-,14-,15-,16-,17+/m1/s1. The second kappa shape index (κ2) is 9.14. The molecule has 0 aromatic carbocycles. The van der Waals surface area contributed by atoms with Gasteiger partial charge in [-0.05, 0) is 0 Å². The third-order valence-electron chi connectivity index (χ3n) is 3.85. The molecule has 0 unspecified atom stereocenters. The molecular weight excluding hydrogens is 362 g/mol. The molecule has 1 aliphatic heterocycles. The Kier molecular flexibility index (Phi) is 7.73. The maximum atomic E-state index is 11.7. The second-order valence-corrected chi connectivity index (χ2v) is 7.21. The van der Waals surface area contributed by atoms with E-state index in [9.17, 15) is 19.2 Å². The van der Waals surface area contributed by atoms with E-state index >= 15 is 0 Å². The lowest BCUT2D eigenvalue weighted by molar-refractivity contribution is -0.909. The molecule has 27 heavy (non-hydrogen) atoms. The van der Waals surface area contributed by atoms with Crippen LogP contribution in [-0.4, -0.2) is 86.8 Å². The molecule has 154 valence electrons. The minimum Gasteiger partial charge on any atom is -0.463 e. The van der Waals surface area contributed by atoms with Crippen molar-refractivity contribution in [3.8, 4) is 0 Å². The molecular formula is C17H28NO9+. The summed E-state index contributed by atoms with van der Waals surface area (Å²) in [4.78, 5) is 46.1. The first-order valence-corrected chi connectivity index (χ1v) is 8.44. The molecule has 1 fully saturated rings. The first-order valence-electron chi connectivity index (χ1n) is 8.44. The summed E-state index contributed by atoms with van der Waals surface area (Å²) in [5.41, 5.74) is 0. The van der Waals surface area contributed by atoms with Gasteiger partial charge in [0, 0.05) is 27.7 Å². The van der Waals surface area contributed by atoms with Gasteiger partial charge in [-0.15, -0.1) is 0 Å². The van der Waals surface area contributed by atoms with Gasteiger partial charge < -0.3 is 28.2 Å². The molecule has 10 heteroatoms. The van der Waals surface area contributed by atoms with Crippen LogP contribution >= 0.6 is 0 Å². The van der Waals surface area contributed by atoms with Gasteiger partial charge in [0.05, 0.1) is 21.1 Å². The molecule has 1 heterocycles. The van der Waals surface area contributed by atoms with Crippen molar-refractivity contribution in [2.75, 3.05) is 27.7 Å². The minimum absolute atomic E-state index is 0.175. The average Bonchev–Trinajstić information content (AvgIpc) is 2.44. The summed E-state index contributed by atoms with van der Waals surface area (Å²) in [6.45, 7) is 4.58. The lowest BCUT2D eigenvalue weighted by Crippen LogP contribution is -2.70. The number of rotatable bonds is 6. The smallest absolute Gasteiger partial charge is 0.305 e. The number of ether oxygens (including phenoxy) is 5. The van der Waals surface area contributed by atoms with Gasteiger partial charge in [-0.25, -0.2) is 0 Å². The second-order valence-electron chi connectivity index (χ2n) is 7.21. The van der Waals surface area contributed by atoms with Gasteiger partial charge in [0.2, 0.25) is 0 Å². The van der Waals surface area contributed by atoms with Crippen LogP contribution < -0.4 is 0 Å². The van der Waals surface area contributed by atoms with E-state index in [2.05, 4.69) is 0 Å². The van der Waals surface area contributed by atoms with Crippen LogP contribution in [0.1, 0.15) is 27.7 Å². The van der Waals surface area contributed by atoms with Crippen molar-refractivity contribution in [2.45, 2.75) is 58.3 Å². The Morgan fingerprint density at radius 2 is 1.26 bits per heavy atom. The fourth-order valence-electron chi connectivity index (χ4n) is 2.95. The van der Waals surface area contributed by atoms with Gasteiger partial charge in [-0.2, -0.15) is 0 Å². The zero-order valence-corrected chi connectivity index (χ0v) is 16.7. The monoisotopic (exact) mass is 390 g/mol. The number of carbonyl (C=O) groups excluding carboxylic acids is 4. The Hall–Kier alpha value is -2.20. The fraction of sp³-hybridized carbons (Fsp3) is 0.765. The summed E-state index contributed by atoms with van der Waals surface area (Å²) in [6, 6.07) is -0.698. The number of esters is 4. The highest BCUT2D eigenvalue weighted by atomic mass is 16.7. The summed E-state index contributed by atoms with van der Waals surface area (Å²) >= 11 is 0. The molecule has 0 saturated carbocycles. The van der Waals surface area contributed by atoms with Crippen LogP contribution in [0.5, 0.6) is 0 Å². The first kappa shape index (κ1) is 22.8. The number of nitrogens with zero attached hydrogens (tertiary/aromatic N) is 1. The Morgan fingerprint density at radius 1 is 0.778 bits per heavy atom. The van der Waals surface area contributed by atoms with E-state index < -0.39 is 54.5 Å². The highest BCUT2D eigenvalue weighted by Crippen LogP contribution is 2.32. The summed E-state index contributed by atoms with van der Waals surface area (Å²) in [5, 5.41) is 0. The normalized spacial score (nSPS) is 28.0. The van der Waals surface area contributed by atoms with E-state index in [4.69, 9.17) is 23.7 Å². The predicted molar refractivity (Wildman–Crippen MR) is 90.0 cm³/mol. The Morgan fingerprint density at radius 3 is 1.67 bits per heavy atom. The average molecular weight is 390 g/mol. The molecule has 0 aromatic heterocycles. The highest BCUT2D eigenvalue weighted by molar-refractivity contribution is 5.68. The number of hydrogen-bond donors (Lipinski definition) is 0. The van der Waals surface area contributed by atoms with E-state index in [0.717, 1.165) is 0 Å². The van der Waals surface area contributed by atoms with E-state index in [0.29, 0.717) is 0 Å². The Labute approximate surface area is 158 Å². The van der Waals surface area contributed by atoms with Crippen LogP contribution in [0, 0.1) is 0 Å². The van der Waals surface area contributed by atoms with E-state index in [1.807, 2.05) is 0 Å². The topological polar surface area (TPSA) is 114 Å². The number of hydrogen-bond acceptors (Lipinski definition) is 9. The van der Waals surface area contributed by atoms with Crippen molar-refractivity contribution < 1.29 is 47.3 Å². The van der Waals surface area contributed by atoms with Gasteiger partial charge in [0.25, 0.3) is 6.29 Å². The molecule has 1 saturated heterocycles. The van der Waals surface area contributed by atoms with Crippen molar-refractivity contribution in [1.29, 1.82) is 0 Å². The van der Waals surface area contributed by atoms with E-state index in [1.54, 1.807) is 21.1 Å². The van der Waals surface area contributed by atoms with Crippen molar-refractivity contribution in [1.82, 2.24) is 0 Å². The number of quaternary nitrogens is 1. The Balaban J connectivity index is 3.36. The molecule has 0 N–H and O–H groups in total.